The van der Waals surface area contributed by atoms with E-state index in [2.05, 4.69) is 40.1 Å². The fourth-order valence-corrected chi connectivity index (χ4v) is 7.45. The molecule has 2 N–H and O–H groups in total. The zero-order valence-electron chi connectivity index (χ0n) is 23.8. The lowest BCUT2D eigenvalue weighted by Crippen LogP contribution is -2.44. The van der Waals surface area contributed by atoms with Gasteiger partial charge >= 0.3 is 0 Å². The van der Waals surface area contributed by atoms with Crippen molar-refractivity contribution < 1.29 is 14.3 Å². The smallest absolute Gasteiger partial charge is 0.255 e. The van der Waals surface area contributed by atoms with Crippen molar-refractivity contribution in [3.63, 3.8) is 0 Å². The van der Waals surface area contributed by atoms with Crippen LogP contribution in [0.3, 0.4) is 0 Å². The zero-order valence-corrected chi connectivity index (χ0v) is 23.8. The normalized spacial score (nSPS) is 27.6. The predicted octanol–water partition coefficient (Wildman–Crippen LogP) is 4.66. The van der Waals surface area contributed by atoms with Crippen LogP contribution < -0.4 is 10.5 Å². The van der Waals surface area contributed by atoms with Gasteiger partial charge in [-0.3, -0.25) is 4.79 Å². The Hall–Kier alpha value is -3.43. The molecule has 4 heterocycles. The van der Waals surface area contributed by atoms with Crippen molar-refractivity contribution in [2.45, 2.75) is 64.4 Å². The van der Waals surface area contributed by atoms with Crippen LogP contribution in [0.1, 0.15) is 49.9 Å². The molecule has 3 aliphatic rings. The summed E-state index contributed by atoms with van der Waals surface area (Å²) < 4.78 is 16.2. The number of aryl methyl sites for hydroxylation is 1. The summed E-state index contributed by atoms with van der Waals surface area (Å²) in [7, 11) is 3.46. The topological polar surface area (TPSA) is 100 Å². The van der Waals surface area contributed by atoms with E-state index < -0.39 is 0 Å². The standard InChI is InChI=1S/C31H38N6O3/c1-5-35-24(12-19-7-6-10-33-28(19)35)29-34-23-11-21(30(38)37-17-20-8-9-22(20)27(37)32)13-25(39-3)26(23)36(29)16-18-14-31(2,15-18)40-4/h6-7,10-13,18,20,22,27H,5,8-9,14-17,32H2,1-4H3/t18?,20-,22-,27+,31?/m1/s1. The van der Waals surface area contributed by atoms with Crippen LogP contribution in [-0.4, -0.2) is 62.4 Å². The van der Waals surface area contributed by atoms with Crippen LogP contribution in [0.15, 0.2) is 36.5 Å². The highest BCUT2D eigenvalue weighted by Gasteiger charge is 2.47. The molecule has 3 atom stereocenters. The summed E-state index contributed by atoms with van der Waals surface area (Å²) in [6.07, 6.45) is 5.83. The van der Waals surface area contributed by atoms with Gasteiger partial charge in [0.15, 0.2) is 5.82 Å². The van der Waals surface area contributed by atoms with Gasteiger partial charge in [0.2, 0.25) is 0 Å². The number of carbonyl (C=O) groups excluding carboxylic acids is 1. The molecule has 3 fully saturated rings. The predicted molar refractivity (Wildman–Crippen MR) is 154 cm³/mol. The highest BCUT2D eigenvalue weighted by Crippen LogP contribution is 2.45. The maximum atomic E-state index is 13.7. The number of nitrogens with two attached hydrogens (primary N) is 1. The van der Waals surface area contributed by atoms with Crippen molar-refractivity contribution in [3.8, 4) is 17.3 Å². The first-order valence-electron chi connectivity index (χ1n) is 14.5. The first-order chi connectivity index (χ1) is 19.3. The van der Waals surface area contributed by atoms with E-state index in [1.54, 1.807) is 14.2 Å². The summed E-state index contributed by atoms with van der Waals surface area (Å²) in [4.78, 5) is 25.4. The third-order valence-corrected chi connectivity index (χ3v) is 9.82. The molecule has 0 bridgehead atoms. The number of methoxy groups -OCH3 is 2. The van der Waals surface area contributed by atoms with E-state index >= 15 is 0 Å². The van der Waals surface area contributed by atoms with E-state index in [0.717, 1.165) is 78.9 Å². The van der Waals surface area contributed by atoms with Crippen LogP contribution in [0.25, 0.3) is 33.6 Å². The third kappa shape index (κ3) is 3.78. The summed E-state index contributed by atoms with van der Waals surface area (Å²) in [6.45, 7) is 6.58. The second kappa shape index (κ2) is 9.31. The first kappa shape index (κ1) is 25.5. The lowest BCUT2D eigenvalue weighted by molar-refractivity contribution is -0.0937. The van der Waals surface area contributed by atoms with Crippen molar-refractivity contribution in [2.75, 3.05) is 20.8 Å². The second-order valence-electron chi connectivity index (χ2n) is 12.2. The van der Waals surface area contributed by atoms with Gasteiger partial charge in [-0.2, -0.15) is 0 Å². The molecule has 1 amide bonds. The van der Waals surface area contributed by atoms with Crippen LogP contribution in [0.2, 0.25) is 0 Å². The number of amides is 1. The van der Waals surface area contributed by atoms with Gasteiger partial charge in [-0.25, -0.2) is 9.97 Å². The SMILES string of the molecule is CCn1c(-c2nc3cc(C(=O)N4C[C@H]5CC[C@H]5[C@H]4N)cc(OC)c3n2CC2CC(C)(OC)C2)cc2cccnc21. The number of nitrogens with zero attached hydrogens (tertiary/aromatic N) is 5. The number of carbonyl (C=O) groups is 1. The Kier molecular flexibility index (Phi) is 5.94. The maximum absolute atomic E-state index is 13.7. The monoisotopic (exact) mass is 542 g/mol. The Bertz CT molecular complexity index is 1620. The first-order valence-corrected chi connectivity index (χ1v) is 14.5. The minimum atomic E-state index is -0.220. The molecule has 1 aliphatic heterocycles. The number of likely N-dealkylation sites (tertiary alicyclic amines) is 1. The van der Waals surface area contributed by atoms with E-state index in [9.17, 15) is 4.79 Å². The van der Waals surface area contributed by atoms with E-state index in [0.29, 0.717) is 29.1 Å². The fourth-order valence-electron chi connectivity index (χ4n) is 7.45. The number of pyridine rings is 1. The van der Waals surface area contributed by atoms with E-state index in [1.807, 2.05) is 29.3 Å². The Labute approximate surface area is 234 Å². The molecule has 9 heteroatoms. The van der Waals surface area contributed by atoms with Crippen LogP contribution in [-0.2, 0) is 17.8 Å². The van der Waals surface area contributed by atoms with Crippen molar-refractivity contribution >= 4 is 28.0 Å². The Balaban J connectivity index is 1.36. The molecule has 3 aromatic heterocycles. The summed E-state index contributed by atoms with van der Waals surface area (Å²) in [6, 6.07) is 10.0. The van der Waals surface area contributed by atoms with Crippen LogP contribution in [0, 0.1) is 17.8 Å². The number of rotatable bonds is 7. The summed E-state index contributed by atoms with van der Waals surface area (Å²) in [5.41, 5.74) is 10.6. The Morgan fingerprint density at radius 2 is 2.00 bits per heavy atom. The average molecular weight is 543 g/mol. The minimum absolute atomic E-state index is 0.0417. The molecule has 0 radical (unpaired) electrons. The Morgan fingerprint density at radius 3 is 2.65 bits per heavy atom. The molecule has 210 valence electrons. The molecule has 0 unspecified atom stereocenters. The van der Waals surface area contributed by atoms with Crippen LogP contribution >= 0.6 is 0 Å². The molecule has 0 spiro atoms. The number of hydrogen-bond donors (Lipinski definition) is 1. The van der Waals surface area contributed by atoms with Gasteiger partial charge in [-0.1, -0.05) is 0 Å². The maximum Gasteiger partial charge on any atom is 0.255 e. The van der Waals surface area contributed by atoms with Gasteiger partial charge in [0.05, 0.1) is 30.1 Å². The number of benzene rings is 1. The van der Waals surface area contributed by atoms with Crippen LogP contribution in [0.4, 0.5) is 0 Å². The second-order valence-corrected chi connectivity index (χ2v) is 12.2. The number of aromatic nitrogens is 4. The number of hydrogen-bond acceptors (Lipinski definition) is 6. The van der Waals surface area contributed by atoms with Crippen molar-refractivity contribution in [1.82, 2.24) is 24.0 Å². The number of imidazole rings is 1. The van der Waals surface area contributed by atoms with Gasteiger partial charge in [-0.15, -0.1) is 0 Å². The molecule has 1 aromatic carbocycles. The zero-order chi connectivity index (χ0) is 27.8. The lowest BCUT2D eigenvalue weighted by atomic mass is 9.72. The summed E-state index contributed by atoms with van der Waals surface area (Å²) in [5.74, 6) is 2.87. The van der Waals surface area contributed by atoms with Gasteiger partial charge in [0.1, 0.15) is 16.9 Å². The van der Waals surface area contributed by atoms with Gasteiger partial charge in [-0.05, 0) is 87.6 Å². The number of ether oxygens (including phenoxy) is 2. The van der Waals surface area contributed by atoms with Gasteiger partial charge in [0, 0.05) is 43.9 Å². The third-order valence-electron chi connectivity index (χ3n) is 9.82. The van der Waals surface area contributed by atoms with Crippen molar-refractivity contribution in [2.24, 2.45) is 23.5 Å². The number of fused-ring (bicyclic) bond motifs is 3. The fraction of sp³-hybridized carbons (Fsp3) is 0.516. The van der Waals surface area contributed by atoms with Gasteiger partial charge in [0.25, 0.3) is 5.91 Å². The molecule has 2 saturated carbocycles. The minimum Gasteiger partial charge on any atom is -0.494 e. The molecule has 2 aliphatic carbocycles. The quantitative estimate of drug-likeness (QED) is 0.365. The van der Waals surface area contributed by atoms with Crippen molar-refractivity contribution in [3.05, 3.63) is 42.1 Å². The molecule has 4 aromatic rings. The van der Waals surface area contributed by atoms with E-state index in [1.165, 1.54) is 0 Å². The molecule has 7 rings (SSSR count). The highest BCUT2D eigenvalue weighted by atomic mass is 16.5. The van der Waals surface area contributed by atoms with E-state index in [-0.39, 0.29) is 17.7 Å². The largest absolute Gasteiger partial charge is 0.494 e. The summed E-state index contributed by atoms with van der Waals surface area (Å²) >= 11 is 0. The molecule has 9 nitrogen and oxygen atoms in total. The summed E-state index contributed by atoms with van der Waals surface area (Å²) in [5, 5.41) is 1.08. The molecular formula is C31H38N6O3. The van der Waals surface area contributed by atoms with Gasteiger partial charge < -0.3 is 29.2 Å². The van der Waals surface area contributed by atoms with Crippen molar-refractivity contribution in [1.29, 1.82) is 0 Å². The molecule has 40 heavy (non-hydrogen) atoms. The lowest BCUT2D eigenvalue weighted by Gasteiger charge is -2.44. The average Bonchev–Trinajstić information content (AvgIpc) is 3.55. The van der Waals surface area contributed by atoms with Crippen LogP contribution in [0.5, 0.6) is 5.75 Å². The highest BCUT2D eigenvalue weighted by molar-refractivity contribution is 6.00. The van der Waals surface area contributed by atoms with E-state index in [4.69, 9.17) is 20.2 Å². The molecule has 1 saturated heterocycles. The molecular weight excluding hydrogens is 504 g/mol. The Morgan fingerprint density at radius 1 is 1.18 bits per heavy atom.